The maximum Gasteiger partial charge on any atom is 0.258 e. The van der Waals surface area contributed by atoms with Crippen molar-refractivity contribution in [3.8, 4) is 5.75 Å². The van der Waals surface area contributed by atoms with Gasteiger partial charge >= 0.3 is 0 Å². The van der Waals surface area contributed by atoms with Crippen LogP contribution in [0, 0.1) is 5.82 Å². The molecule has 0 aliphatic rings. The van der Waals surface area contributed by atoms with Gasteiger partial charge in [0.2, 0.25) is 0 Å². The second-order valence-electron chi connectivity index (χ2n) is 3.97. The van der Waals surface area contributed by atoms with Crippen molar-refractivity contribution >= 4 is 5.91 Å². The lowest BCUT2D eigenvalue weighted by Crippen LogP contribution is -2.31. The third-order valence-corrected chi connectivity index (χ3v) is 2.36. The van der Waals surface area contributed by atoms with Crippen LogP contribution in [0.4, 0.5) is 4.39 Å². The largest absolute Gasteiger partial charge is 0.484 e. The van der Waals surface area contributed by atoms with Crippen molar-refractivity contribution in [3.63, 3.8) is 0 Å². The third kappa shape index (κ3) is 6.17. The first-order valence-corrected chi connectivity index (χ1v) is 6.03. The molecule has 0 atom stereocenters. The number of benzene rings is 1. The SMILES string of the molecule is COCCNC(=O)COc1cc(F)cc(CCN)c1. The molecule has 0 saturated heterocycles. The fraction of sp³-hybridized carbons (Fsp3) is 0.462. The van der Waals surface area contributed by atoms with Gasteiger partial charge in [0.1, 0.15) is 11.6 Å². The van der Waals surface area contributed by atoms with Crippen LogP contribution in [0.25, 0.3) is 0 Å². The van der Waals surface area contributed by atoms with Crippen LogP contribution in [0.1, 0.15) is 5.56 Å². The highest BCUT2D eigenvalue weighted by Crippen LogP contribution is 2.16. The lowest BCUT2D eigenvalue weighted by molar-refractivity contribution is -0.123. The molecule has 0 aromatic heterocycles. The molecule has 1 amide bonds. The molecule has 0 aliphatic carbocycles. The highest BCUT2D eigenvalue weighted by molar-refractivity contribution is 5.77. The van der Waals surface area contributed by atoms with Crippen molar-refractivity contribution in [1.29, 1.82) is 0 Å². The summed E-state index contributed by atoms with van der Waals surface area (Å²) in [5.74, 6) is -0.354. The molecule has 1 rings (SSSR count). The summed E-state index contributed by atoms with van der Waals surface area (Å²) in [5, 5.41) is 2.61. The zero-order valence-corrected chi connectivity index (χ0v) is 10.9. The van der Waals surface area contributed by atoms with Gasteiger partial charge in [-0.2, -0.15) is 0 Å². The zero-order chi connectivity index (χ0) is 14.1. The van der Waals surface area contributed by atoms with Gasteiger partial charge in [0.05, 0.1) is 6.61 Å². The molecule has 0 spiro atoms. The standard InChI is InChI=1S/C13H19FN2O3/c1-18-5-4-16-13(17)9-19-12-7-10(2-3-15)6-11(14)8-12/h6-8H,2-5,9,15H2,1H3,(H,16,17). The quantitative estimate of drug-likeness (QED) is 0.673. The van der Waals surface area contributed by atoms with E-state index in [9.17, 15) is 9.18 Å². The van der Waals surface area contributed by atoms with Gasteiger partial charge in [-0.05, 0) is 30.7 Å². The van der Waals surface area contributed by atoms with E-state index in [1.54, 1.807) is 13.2 Å². The second kappa shape index (κ2) is 8.44. The highest BCUT2D eigenvalue weighted by Gasteiger charge is 2.05. The summed E-state index contributed by atoms with van der Waals surface area (Å²) in [4.78, 5) is 11.4. The van der Waals surface area contributed by atoms with Gasteiger partial charge < -0.3 is 20.5 Å². The average Bonchev–Trinajstić information content (AvgIpc) is 2.36. The van der Waals surface area contributed by atoms with E-state index in [1.165, 1.54) is 12.1 Å². The molecule has 0 saturated carbocycles. The van der Waals surface area contributed by atoms with Gasteiger partial charge in [0.25, 0.3) is 5.91 Å². The summed E-state index contributed by atoms with van der Waals surface area (Å²) in [7, 11) is 1.55. The van der Waals surface area contributed by atoms with Crippen LogP contribution in [-0.2, 0) is 16.0 Å². The lowest BCUT2D eigenvalue weighted by Gasteiger charge is -2.09. The molecular formula is C13H19FN2O3. The molecule has 1 aromatic carbocycles. The Bertz CT molecular complexity index is 413. The van der Waals surface area contributed by atoms with Crippen molar-refractivity contribution in [2.45, 2.75) is 6.42 Å². The van der Waals surface area contributed by atoms with Gasteiger partial charge in [-0.15, -0.1) is 0 Å². The van der Waals surface area contributed by atoms with E-state index < -0.39 is 5.82 Å². The number of carbonyl (C=O) groups is 1. The first kappa shape index (κ1) is 15.4. The predicted molar refractivity (Wildman–Crippen MR) is 69.5 cm³/mol. The summed E-state index contributed by atoms with van der Waals surface area (Å²) in [6.45, 7) is 1.13. The predicted octanol–water partition coefficient (Wildman–Crippen LogP) is 0.468. The van der Waals surface area contributed by atoms with E-state index in [2.05, 4.69) is 5.32 Å². The lowest BCUT2D eigenvalue weighted by atomic mass is 10.1. The van der Waals surface area contributed by atoms with Crippen LogP contribution in [0.15, 0.2) is 18.2 Å². The minimum absolute atomic E-state index is 0.158. The molecule has 0 bridgehead atoms. The fourth-order valence-electron chi connectivity index (χ4n) is 1.51. The summed E-state index contributed by atoms with van der Waals surface area (Å²) in [6.07, 6.45) is 0.564. The number of amides is 1. The van der Waals surface area contributed by atoms with E-state index in [0.717, 1.165) is 5.56 Å². The van der Waals surface area contributed by atoms with Crippen LogP contribution in [0.2, 0.25) is 0 Å². The Hall–Kier alpha value is -1.66. The topological polar surface area (TPSA) is 73.6 Å². The molecule has 19 heavy (non-hydrogen) atoms. The van der Waals surface area contributed by atoms with Crippen molar-refractivity contribution in [2.24, 2.45) is 5.73 Å². The number of hydrogen-bond acceptors (Lipinski definition) is 4. The van der Waals surface area contributed by atoms with Crippen LogP contribution in [0.5, 0.6) is 5.75 Å². The molecular weight excluding hydrogens is 251 g/mol. The Kier molecular flexibility index (Phi) is 6.84. The number of halogens is 1. The molecule has 0 heterocycles. The number of ether oxygens (including phenoxy) is 2. The van der Waals surface area contributed by atoms with E-state index in [0.29, 0.717) is 31.9 Å². The zero-order valence-electron chi connectivity index (χ0n) is 10.9. The Morgan fingerprint density at radius 3 is 2.89 bits per heavy atom. The Labute approximate surface area is 111 Å². The molecule has 0 radical (unpaired) electrons. The van der Waals surface area contributed by atoms with Crippen LogP contribution in [0.3, 0.4) is 0 Å². The second-order valence-corrected chi connectivity index (χ2v) is 3.97. The Balaban J connectivity index is 2.45. The van der Waals surface area contributed by atoms with Crippen molar-refractivity contribution in [3.05, 3.63) is 29.6 Å². The molecule has 0 fully saturated rings. The fourth-order valence-corrected chi connectivity index (χ4v) is 1.51. The smallest absolute Gasteiger partial charge is 0.258 e. The number of rotatable bonds is 8. The first-order chi connectivity index (χ1) is 9.15. The first-order valence-electron chi connectivity index (χ1n) is 6.03. The minimum Gasteiger partial charge on any atom is -0.484 e. The van der Waals surface area contributed by atoms with Crippen LogP contribution < -0.4 is 15.8 Å². The van der Waals surface area contributed by atoms with Crippen molar-refractivity contribution in [1.82, 2.24) is 5.32 Å². The van der Waals surface area contributed by atoms with Gasteiger partial charge in [-0.3, -0.25) is 4.79 Å². The monoisotopic (exact) mass is 270 g/mol. The molecule has 3 N–H and O–H groups in total. The van der Waals surface area contributed by atoms with E-state index in [4.69, 9.17) is 15.2 Å². The maximum absolute atomic E-state index is 13.3. The number of hydrogen-bond donors (Lipinski definition) is 2. The minimum atomic E-state index is -0.402. The number of nitrogens with two attached hydrogens (primary N) is 1. The molecule has 6 heteroatoms. The molecule has 106 valence electrons. The van der Waals surface area contributed by atoms with E-state index >= 15 is 0 Å². The highest BCUT2D eigenvalue weighted by atomic mass is 19.1. The Morgan fingerprint density at radius 2 is 2.21 bits per heavy atom. The number of carbonyl (C=O) groups excluding carboxylic acids is 1. The van der Waals surface area contributed by atoms with Gasteiger partial charge in [-0.25, -0.2) is 4.39 Å². The molecule has 5 nitrogen and oxygen atoms in total. The van der Waals surface area contributed by atoms with Gasteiger partial charge in [0, 0.05) is 19.7 Å². The normalized spacial score (nSPS) is 10.3. The van der Waals surface area contributed by atoms with E-state index in [1.807, 2.05) is 0 Å². The maximum atomic E-state index is 13.3. The molecule has 0 aliphatic heterocycles. The third-order valence-electron chi connectivity index (χ3n) is 2.36. The molecule has 1 aromatic rings. The number of methoxy groups -OCH3 is 1. The van der Waals surface area contributed by atoms with Gasteiger partial charge in [0.15, 0.2) is 6.61 Å². The van der Waals surface area contributed by atoms with Crippen molar-refractivity contribution in [2.75, 3.05) is 33.4 Å². The summed E-state index contributed by atoms with van der Waals surface area (Å²) in [6, 6.07) is 4.32. The Morgan fingerprint density at radius 1 is 1.42 bits per heavy atom. The van der Waals surface area contributed by atoms with Crippen molar-refractivity contribution < 1.29 is 18.7 Å². The van der Waals surface area contributed by atoms with Gasteiger partial charge in [-0.1, -0.05) is 0 Å². The summed E-state index contributed by atoms with van der Waals surface area (Å²) in [5.41, 5.74) is 6.16. The summed E-state index contributed by atoms with van der Waals surface area (Å²) < 4.78 is 23.3. The summed E-state index contributed by atoms with van der Waals surface area (Å²) >= 11 is 0. The molecule has 0 unspecified atom stereocenters. The average molecular weight is 270 g/mol. The van der Waals surface area contributed by atoms with E-state index in [-0.39, 0.29) is 12.5 Å². The number of nitrogens with one attached hydrogen (secondary N) is 1. The van der Waals surface area contributed by atoms with Crippen LogP contribution >= 0.6 is 0 Å². The van der Waals surface area contributed by atoms with Crippen LogP contribution in [-0.4, -0.2) is 39.3 Å².